The third-order valence-corrected chi connectivity index (χ3v) is 5.33. The number of rotatable bonds is 3. The van der Waals surface area contributed by atoms with Crippen LogP contribution in [0, 0.1) is 0 Å². The van der Waals surface area contributed by atoms with Crippen LogP contribution < -0.4 is 4.72 Å². The first-order chi connectivity index (χ1) is 9.54. The van der Waals surface area contributed by atoms with Crippen LogP contribution in [-0.4, -0.2) is 8.42 Å². The van der Waals surface area contributed by atoms with Gasteiger partial charge in [-0.15, -0.1) is 0 Å². The Kier molecular flexibility index (Phi) is 3.56. The minimum Gasteiger partial charge on any atom is -0.280 e. The summed E-state index contributed by atoms with van der Waals surface area (Å²) in [6.45, 7) is 0. The normalized spacial score (nSPS) is 14.1. The van der Waals surface area contributed by atoms with E-state index in [-0.39, 0.29) is 0 Å². The van der Waals surface area contributed by atoms with Crippen LogP contribution in [0.15, 0.2) is 51.8 Å². The number of fused-ring (bicyclic) bond motifs is 1. The zero-order valence-electron chi connectivity index (χ0n) is 10.8. The molecule has 1 N–H and O–H groups in total. The summed E-state index contributed by atoms with van der Waals surface area (Å²) in [5.41, 5.74) is 2.98. The first-order valence-corrected chi connectivity index (χ1v) is 8.72. The Morgan fingerprint density at radius 2 is 1.80 bits per heavy atom. The van der Waals surface area contributed by atoms with Crippen LogP contribution >= 0.6 is 15.9 Å². The van der Waals surface area contributed by atoms with Crippen LogP contribution in [-0.2, 0) is 22.9 Å². The van der Waals surface area contributed by atoms with Gasteiger partial charge in [-0.3, -0.25) is 4.72 Å². The maximum atomic E-state index is 12.4. The number of aryl methyl sites for hydroxylation is 2. The van der Waals surface area contributed by atoms with Gasteiger partial charge in [0.1, 0.15) is 0 Å². The number of hydrogen-bond donors (Lipinski definition) is 1. The molecule has 3 rings (SSSR count). The Hall–Kier alpha value is -1.33. The van der Waals surface area contributed by atoms with Crippen molar-refractivity contribution in [2.24, 2.45) is 0 Å². The Morgan fingerprint density at radius 1 is 1.00 bits per heavy atom. The molecule has 1 aliphatic carbocycles. The van der Waals surface area contributed by atoms with Gasteiger partial charge < -0.3 is 0 Å². The van der Waals surface area contributed by atoms with Gasteiger partial charge in [0.2, 0.25) is 0 Å². The van der Waals surface area contributed by atoms with Gasteiger partial charge in [0.25, 0.3) is 10.0 Å². The SMILES string of the molecule is O=S(=O)(Nc1cccc(Br)c1)c1ccc2c(c1)CCC2. The molecule has 0 bridgehead atoms. The Bertz CT molecular complexity index is 756. The van der Waals surface area contributed by atoms with Crippen LogP contribution in [0.25, 0.3) is 0 Å². The number of benzene rings is 2. The Morgan fingerprint density at radius 3 is 2.60 bits per heavy atom. The molecular formula is C15H14BrNO2S. The van der Waals surface area contributed by atoms with E-state index in [0.29, 0.717) is 10.6 Å². The second-order valence-electron chi connectivity index (χ2n) is 4.90. The zero-order chi connectivity index (χ0) is 14.2. The van der Waals surface area contributed by atoms with Gasteiger partial charge in [-0.05, 0) is 60.7 Å². The highest BCUT2D eigenvalue weighted by Crippen LogP contribution is 2.26. The zero-order valence-corrected chi connectivity index (χ0v) is 13.2. The molecule has 1 aliphatic rings. The maximum Gasteiger partial charge on any atom is 0.261 e. The van der Waals surface area contributed by atoms with Crippen LogP contribution in [0.1, 0.15) is 17.5 Å². The fraction of sp³-hybridized carbons (Fsp3) is 0.200. The molecule has 0 aliphatic heterocycles. The fourth-order valence-electron chi connectivity index (χ4n) is 2.48. The maximum absolute atomic E-state index is 12.4. The Labute approximate surface area is 127 Å². The predicted molar refractivity (Wildman–Crippen MR) is 83.4 cm³/mol. The van der Waals surface area contributed by atoms with Crippen molar-refractivity contribution < 1.29 is 8.42 Å². The van der Waals surface area contributed by atoms with Gasteiger partial charge in [-0.1, -0.05) is 28.1 Å². The molecule has 0 aromatic heterocycles. The highest BCUT2D eigenvalue weighted by Gasteiger charge is 2.18. The average molecular weight is 352 g/mol. The van der Waals surface area contributed by atoms with E-state index in [1.54, 1.807) is 30.3 Å². The number of sulfonamides is 1. The molecule has 2 aromatic rings. The molecule has 0 radical (unpaired) electrons. The van der Waals surface area contributed by atoms with E-state index >= 15 is 0 Å². The fourth-order valence-corrected chi connectivity index (χ4v) is 3.98. The number of nitrogens with one attached hydrogen (secondary N) is 1. The molecule has 20 heavy (non-hydrogen) atoms. The third-order valence-electron chi connectivity index (χ3n) is 3.46. The summed E-state index contributed by atoms with van der Waals surface area (Å²) in [7, 11) is -3.52. The summed E-state index contributed by atoms with van der Waals surface area (Å²) in [6.07, 6.45) is 3.13. The van der Waals surface area contributed by atoms with Gasteiger partial charge in [-0.25, -0.2) is 8.42 Å². The van der Waals surface area contributed by atoms with Gasteiger partial charge >= 0.3 is 0 Å². The molecule has 104 valence electrons. The second-order valence-corrected chi connectivity index (χ2v) is 7.50. The predicted octanol–water partition coefficient (Wildman–Crippen LogP) is 3.74. The van der Waals surface area contributed by atoms with Gasteiger partial charge in [0, 0.05) is 10.2 Å². The van der Waals surface area contributed by atoms with Crippen LogP contribution in [0.5, 0.6) is 0 Å². The molecule has 0 saturated heterocycles. The molecule has 0 atom stereocenters. The summed E-state index contributed by atoms with van der Waals surface area (Å²) in [5, 5.41) is 0. The lowest BCUT2D eigenvalue weighted by atomic mass is 10.1. The van der Waals surface area contributed by atoms with Crippen molar-refractivity contribution in [1.29, 1.82) is 0 Å². The largest absolute Gasteiger partial charge is 0.280 e. The van der Waals surface area contributed by atoms with E-state index in [1.807, 2.05) is 12.1 Å². The van der Waals surface area contributed by atoms with Crippen LogP contribution in [0.4, 0.5) is 5.69 Å². The standard InChI is InChI=1S/C15H14BrNO2S/c16-13-5-2-6-14(10-13)17-20(18,19)15-8-7-11-3-1-4-12(11)9-15/h2,5-10,17H,1,3-4H2. The molecule has 0 unspecified atom stereocenters. The monoisotopic (exact) mass is 351 g/mol. The molecule has 3 nitrogen and oxygen atoms in total. The van der Waals surface area contributed by atoms with E-state index in [4.69, 9.17) is 0 Å². The molecule has 0 spiro atoms. The van der Waals surface area contributed by atoms with E-state index < -0.39 is 10.0 Å². The summed E-state index contributed by atoms with van der Waals surface area (Å²) in [4.78, 5) is 0.332. The number of halogens is 1. The molecule has 2 aromatic carbocycles. The van der Waals surface area contributed by atoms with E-state index in [9.17, 15) is 8.42 Å². The highest BCUT2D eigenvalue weighted by molar-refractivity contribution is 9.10. The summed E-state index contributed by atoms with van der Waals surface area (Å²) in [5.74, 6) is 0. The minimum absolute atomic E-state index is 0.332. The van der Waals surface area contributed by atoms with Crippen molar-refractivity contribution in [3.8, 4) is 0 Å². The molecule has 0 amide bonds. The van der Waals surface area contributed by atoms with E-state index in [2.05, 4.69) is 20.7 Å². The molecule has 0 fully saturated rings. The topological polar surface area (TPSA) is 46.2 Å². The van der Waals surface area contributed by atoms with Crippen molar-refractivity contribution in [3.05, 3.63) is 58.1 Å². The number of anilines is 1. The first kappa shape index (κ1) is 13.6. The van der Waals surface area contributed by atoms with Gasteiger partial charge in [0.15, 0.2) is 0 Å². The average Bonchev–Trinajstić information content (AvgIpc) is 2.85. The van der Waals surface area contributed by atoms with Crippen molar-refractivity contribution in [2.75, 3.05) is 4.72 Å². The Balaban J connectivity index is 1.92. The van der Waals surface area contributed by atoms with Crippen LogP contribution in [0.2, 0.25) is 0 Å². The minimum atomic E-state index is -3.52. The smallest absolute Gasteiger partial charge is 0.261 e. The molecule has 0 saturated carbocycles. The summed E-state index contributed by atoms with van der Waals surface area (Å²) >= 11 is 3.33. The van der Waals surface area contributed by atoms with Crippen LogP contribution in [0.3, 0.4) is 0 Å². The third kappa shape index (κ3) is 2.74. The van der Waals surface area contributed by atoms with Gasteiger partial charge in [-0.2, -0.15) is 0 Å². The lowest BCUT2D eigenvalue weighted by Crippen LogP contribution is -2.13. The lowest BCUT2D eigenvalue weighted by molar-refractivity contribution is 0.601. The summed E-state index contributed by atoms with van der Waals surface area (Å²) in [6, 6.07) is 12.5. The lowest BCUT2D eigenvalue weighted by Gasteiger charge is -2.09. The van der Waals surface area contributed by atoms with Crippen molar-refractivity contribution in [2.45, 2.75) is 24.2 Å². The molecule has 5 heteroatoms. The van der Waals surface area contributed by atoms with E-state index in [0.717, 1.165) is 29.3 Å². The van der Waals surface area contributed by atoms with E-state index in [1.165, 1.54) is 5.56 Å². The van der Waals surface area contributed by atoms with Gasteiger partial charge in [0.05, 0.1) is 4.90 Å². The quantitative estimate of drug-likeness (QED) is 0.915. The van der Waals surface area contributed by atoms with Crippen molar-refractivity contribution >= 4 is 31.6 Å². The van der Waals surface area contributed by atoms with Crippen molar-refractivity contribution in [3.63, 3.8) is 0 Å². The second kappa shape index (κ2) is 5.22. The highest BCUT2D eigenvalue weighted by atomic mass is 79.9. The summed E-state index contributed by atoms with van der Waals surface area (Å²) < 4.78 is 28.2. The number of hydrogen-bond acceptors (Lipinski definition) is 2. The molecular weight excluding hydrogens is 338 g/mol. The first-order valence-electron chi connectivity index (χ1n) is 6.45. The molecule has 0 heterocycles. The van der Waals surface area contributed by atoms with Crippen molar-refractivity contribution in [1.82, 2.24) is 0 Å².